The first-order valence-corrected chi connectivity index (χ1v) is 6.86. The van der Waals surface area contributed by atoms with Crippen molar-refractivity contribution in [2.45, 2.75) is 46.5 Å². The zero-order valence-electron chi connectivity index (χ0n) is 11.2. The highest BCUT2D eigenvalue weighted by Crippen LogP contribution is 2.30. The summed E-state index contributed by atoms with van der Waals surface area (Å²) < 4.78 is 0. The van der Waals surface area contributed by atoms with E-state index in [9.17, 15) is 0 Å². The highest BCUT2D eigenvalue weighted by molar-refractivity contribution is 5.87. The number of benzene rings is 2. The van der Waals surface area contributed by atoms with Gasteiger partial charge in [-0.3, -0.25) is 0 Å². The van der Waals surface area contributed by atoms with Crippen molar-refractivity contribution in [3.63, 3.8) is 0 Å². The van der Waals surface area contributed by atoms with Gasteiger partial charge in [0, 0.05) is 0 Å². The maximum absolute atomic E-state index is 2.40. The van der Waals surface area contributed by atoms with E-state index >= 15 is 0 Å². The van der Waals surface area contributed by atoms with Gasteiger partial charge in [-0.2, -0.15) is 0 Å². The highest BCUT2D eigenvalue weighted by Gasteiger charge is 2.13. The second-order valence-electron chi connectivity index (χ2n) is 4.57. The molecule has 90 valence electrons. The van der Waals surface area contributed by atoms with Crippen molar-refractivity contribution in [3.05, 3.63) is 47.0 Å². The lowest BCUT2D eigenvalue weighted by atomic mass is 9.86. The Morgan fingerprint density at radius 2 is 1.65 bits per heavy atom. The van der Waals surface area contributed by atoms with E-state index in [-0.39, 0.29) is 0 Å². The van der Waals surface area contributed by atoms with E-state index in [0.29, 0.717) is 0 Å². The average molecular weight is 226 g/mol. The molecule has 0 aliphatic heterocycles. The van der Waals surface area contributed by atoms with Crippen LogP contribution in [0.5, 0.6) is 0 Å². The lowest BCUT2D eigenvalue weighted by Crippen LogP contribution is -2.05. The molecule has 0 bridgehead atoms. The van der Waals surface area contributed by atoms with Gasteiger partial charge in [-0.15, -0.1) is 0 Å². The Morgan fingerprint density at radius 3 is 2.47 bits per heavy atom. The molecule has 0 nitrogen and oxygen atoms in total. The zero-order valence-corrected chi connectivity index (χ0v) is 11.2. The van der Waals surface area contributed by atoms with Crippen LogP contribution >= 0.6 is 0 Å². The molecule has 17 heavy (non-hydrogen) atoms. The number of hydrogen-bond acceptors (Lipinski definition) is 0. The summed E-state index contributed by atoms with van der Waals surface area (Å²) in [4.78, 5) is 0. The van der Waals surface area contributed by atoms with Gasteiger partial charge in [-0.05, 0) is 60.1 Å². The monoisotopic (exact) mass is 226 g/mol. The molecule has 0 atom stereocenters. The molecule has 1 aliphatic carbocycles. The fraction of sp³-hybridized carbons (Fsp3) is 0.412. The minimum atomic E-state index is 1.28. The summed E-state index contributed by atoms with van der Waals surface area (Å²) in [6.45, 7) is 6.28. The maximum Gasteiger partial charge on any atom is -0.0152 e. The van der Waals surface area contributed by atoms with E-state index in [0.717, 1.165) is 0 Å². The first-order valence-electron chi connectivity index (χ1n) is 6.86. The number of fused-ring (bicyclic) bond motifs is 2. The molecule has 1 aliphatic rings. The minimum Gasteiger partial charge on any atom is -0.0683 e. The molecule has 0 radical (unpaired) electrons. The van der Waals surface area contributed by atoms with Crippen molar-refractivity contribution in [1.82, 2.24) is 0 Å². The van der Waals surface area contributed by atoms with Crippen LogP contribution in [0.2, 0.25) is 0 Å². The molecule has 0 saturated carbocycles. The van der Waals surface area contributed by atoms with E-state index in [1.807, 2.05) is 13.8 Å². The molecule has 0 fully saturated rings. The van der Waals surface area contributed by atoms with E-state index in [2.05, 4.69) is 37.3 Å². The van der Waals surface area contributed by atoms with Crippen LogP contribution in [0.15, 0.2) is 30.3 Å². The fourth-order valence-electron chi connectivity index (χ4n) is 2.83. The van der Waals surface area contributed by atoms with Crippen LogP contribution in [-0.2, 0) is 12.8 Å². The van der Waals surface area contributed by atoms with Gasteiger partial charge in [-0.25, -0.2) is 0 Å². The minimum absolute atomic E-state index is 1.28. The Balaban J connectivity index is 0.000000514. The molecular formula is C17H22. The van der Waals surface area contributed by atoms with Gasteiger partial charge in [0.25, 0.3) is 0 Å². The van der Waals surface area contributed by atoms with Crippen molar-refractivity contribution < 1.29 is 0 Å². The van der Waals surface area contributed by atoms with Gasteiger partial charge >= 0.3 is 0 Å². The molecule has 0 spiro atoms. The molecule has 0 unspecified atom stereocenters. The van der Waals surface area contributed by atoms with Gasteiger partial charge in [0.05, 0.1) is 0 Å². The van der Waals surface area contributed by atoms with Crippen LogP contribution in [-0.4, -0.2) is 0 Å². The van der Waals surface area contributed by atoms with Gasteiger partial charge < -0.3 is 0 Å². The standard InChI is InChI=1S/C15H16.C2H6/c1-11-14-8-4-2-6-12(14)10-13-7-3-5-9-15(11)13;1-2/h2,4,6,8,10H,3,5,7,9H2,1H3;1-2H3. The van der Waals surface area contributed by atoms with Crippen LogP contribution in [0.25, 0.3) is 10.8 Å². The molecule has 3 rings (SSSR count). The third-order valence-electron chi connectivity index (χ3n) is 3.66. The first kappa shape index (κ1) is 12.2. The Kier molecular flexibility index (Phi) is 3.83. The summed E-state index contributed by atoms with van der Waals surface area (Å²) in [6.07, 6.45) is 5.30. The third kappa shape index (κ3) is 2.22. The Hall–Kier alpha value is -1.30. The van der Waals surface area contributed by atoms with Crippen molar-refractivity contribution in [3.8, 4) is 0 Å². The van der Waals surface area contributed by atoms with E-state index in [1.54, 1.807) is 11.1 Å². The molecule has 0 amide bonds. The molecule has 0 aromatic heterocycles. The second kappa shape index (κ2) is 5.35. The van der Waals surface area contributed by atoms with Crippen LogP contribution in [0.4, 0.5) is 0 Å². The SMILES string of the molecule is CC.Cc1c2c(cc3ccccc13)CCCC2. The van der Waals surface area contributed by atoms with Gasteiger partial charge in [0.1, 0.15) is 0 Å². The van der Waals surface area contributed by atoms with Crippen LogP contribution in [0.3, 0.4) is 0 Å². The summed E-state index contributed by atoms with van der Waals surface area (Å²) in [7, 11) is 0. The molecule has 0 heteroatoms. The maximum atomic E-state index is 2.40. The Morgan fingerprint density at radius 1 is 0.941 bits per heavy atom. The third-order valence-corrected chi connectivity index (χ3v) is 3.66. The first-order chi connectivity index (χ1) is 8.36. The largest absolute Gasteiger partial charge is 0.0683 e. The van der Waals surface area contributed by atoms with Crippen molar-refractivity contribution in [1.29, 1.82) is 0 Å². The normalized spacial score (nSPS) is 13.8. The Bertz CT molecular complexity index is 509. The number of aryl methyl sites for hydroxylation is 2. The van der Waals surface area contributed by atoms with E-state index in [1.165, 1.54) is 42.0 Å². The summed E-state index contributed by atoms with van der Waals surface area (Å²) in [5, 5.41) is 2.86. The lowest BCUT2D eigenvalue weighted by Gasteiger charge is -2.19. The Labute approximate surface area is 105 Å². The predicted molar refractivity (Wildman–Crippen MR) is 76.7 cm³/mol. The van der Waals surface area contributed by atoms with Crippen LogP contribution in [0, 0.1) is 6.92 Å². The topological polar surface area (TPSA) is 0 Å². The molecule has 2 aromatic carbocycles. The fourth-order valence-corrected chi connectivity index (χ4v) is 2.83. The van der Waals surface area contributed by atoms with Crippen molar-refractivity contribution in [2.24, 2.45) is 0 Å². The van der Waals surface area contributed by atoms with Crippen LogP contribution < -0.4 is 0 Å². The highest BCUT2D eigenvalue weighted by atomic mass is 14.2. The second-order valence-corrected chi connectivity index (χ2v) is 4.57. The molecular weight excluding hydrogens is 204 g/mol. The number of hydrogen-bond donors (Lipinski definition) is 0. The van der Waals surface area contributed by atoms with E-state index < -0.39 is 0 Å². The molecule has 0 N–H and O–H groups in total. The quantitative estimate of drug-likeness (QED) is 0.589. The predicted octanol–water partition coefficient (Wildman–Crippen LogP) is 5.05. The number of rotatable bonds is 0. The van der Waals surface area contributed by atoms with Gasteiger partial charge in [0.2, 0.25) is 0 Å². The summed E-state index contributed by atoms with van der Waals surface area (Å²) in [5.41, 5.74) is 4.74. The van der Waals surface area contributed by atoms with Crippen molar-refractivity contribution in [2.75, 3.05) is 0 Å². The zero-order chi connectivity index (χ0) is 12.3. The van der Waals surface area contributed by atoms with Crippen molar-refractivity contribution >= 4 is 10.8 Å². The molecule has 0 heterocycles. The van der Waals surface area contributed by atoms with Gasteiger partial charge in [-0.1, -0.05) is 44.2 Å². The molecule has 0 saturated heterocycles. The smallest absolute Gasteiger partial charge is 0.0152 e. The van der Waals surface area contributed by atoms with Gasteiger partial charge in [0.15, 0.2) is 0 Å². The van der Waals surface area contributed by atoms with Crippen LogP contribution in [0.1, 0.15) is 43.4 Å². The molecule has 2 aromatic rings. The van der Waals surface area contributed by atoms with E-state index in [4.69, 9.17) is 0 Å². The lowest BCUT2D eigenvalue weighted by molar-refractivity contribution is 0.684. The summed E-state index contributed by atoms with van der Waals surface area (Å²) in [5.74, 6) is 0. The summed E-state index contributed by atoms with van der Waals surface area (Å²) >= 11 is 0. The summed E-state index contributed by atoms with van der Waals surface area (Å²) in [6, 6.07) is 11.2. The average Bonchev–Trinajstić information content (AvgIpc) is 2.41.